The predicted molar refractivity (Wildman–Crippen MR) is 105 cm³/mol. The molecule has 1 aromatic heterocycles. The zero-order valence-electron chi connectivity index (χ0n) is 15.5. The number of nitrogens with one attached hydrogen (secondary N) is 1. The molecule has 2 aliphatic rings. The highest BCUT2D eigenvalue weighted by atomic mass is 32.1. The Morgan fingerprint density at radius 3 is 2.89 bits per heavy atom. The van der Waals surface area contributed by atoms with Gasteiger partial charge < -0.3 is 15.0 Å². The van der Waals surface area contributed by atoms with Gasteiger partial charge in [-0.25, -0.2) is 4.79 Å². The van der Waals surface area contributed by atoms with Gasteiger partial charge in [-0.2, -0.15) is 0 Å². The molecule has 7 nitrogen and oxygen atoms in total. The fraction of sp³-hybridized carbons (Fsp3) is 0.350. The number of hydrogen-bond acceptors (Lipinski definition) is 5. The fourth-order valence-electron chi connectivity index (χ4n) is 3.73. The summed E-state index contributed by atoms with van der Waals surface area (Å²) in [5.41, 5.74) is 1.29. The van der Waals surface area contributed by atoms with Gasteiger partial charge in [-0.1, -0.05) is 12.1 Å². The molecule has 1 N–H and O–H groups in total. The van der Waals surface area contributed by atoms with Gasteiger partial charge in [0, 0.05) is 11.4 Å². The topological polar surface area (TPSA) is 79.0 Å². The van der Waals surface area contributed by atoms with Crippen LogP contribution in [0.1, 0.15) is 23.3 Å². The van der Waals surface area contributed by atoms with Crippen molar-refractivity contribution in [1.29, 1.82) is 0 Å². The van der Waals surface area contributed by atoms with Crippen molar-refractivity contribution in [2.75, 3.05) is 19.0 Å². The van der Waals surface area contributed by atoms with Crippen molar-refractivity contribution in [2.24, 2.45) is 0 Å². The predicted octanol–water partition coefficient (Wildman–Crippen LogP) is 2.86. The van der Waals surface area contributed by atoms with E-state index in [1.807, 2.05) is 17.5 Å². The maximum Gasteiger partial charge on any atom is 0.327 e. The molecule has 28 heavy (non-hydrogen) atoms. The van der Waals surface area contributed by atoms with Crippen molar-refractivity contribution in [2.45, 2.75) is 31.8 Å². The third-order valence-corrected chi connectivity index (χ3v) is 5.95. The Morgan fingerprint density at radius 1 is 1.32 bits per heavy atom. The first-order valence-electron chi connectivity index (χ1n) is 9.18. The van der Waals surface area contributed by atoms with Crippen LogP contribution in [0.3, 0.4) is 0 Å². The number of carbonyl (C=O) groups excluding carboxylic acids is 3. The molecular weight excluding hydrogens is 378 g/mol. The minimum absolute atomic E-state index is 0.137. The lowest BCUT2D eigenvalue weighted by Crippen LogP contribution is -2.32. The molecule has 0 aliphatic carbocycles. The molecule has 8 heteroatoms. The van der Waals surface area contributed by atoms with Gasteiger partial charge in [0.1, 0.15) is 11.8 Å². The van der Waals surface area contributed by atoms with E-state index in [1.165, 1.54) is 23.3 Å². The quantitative estimate of drug-likeness (QED) is 0.758. The molecule has 0 spiro atoms. The number of methoxy groups -OCH3 is 1. The van der Waals surface area contributed by atoms with Crippen LogP contribution in [-0.2, 0) is 22.6 Å². The molecule has 4 amide bonds. The minimum Gasteiger partial charge on any atom is -0.495 e. The highest BCUT2D eigenvalue weighted by molar-refractivity contribution is 7.10. The number of benzene rings is 1. The molecule has 0 bridgehead atoms. The Hall–Kier alpha value is -2.87. The highest BCUT2D eigenvalue weighted by Crippen LogP contribution is 2.31. The maximum absolute atomic E-state index is 12.5. The summed E-state index contributed by atoms with van der Waals surface area (Å²) in [4.78, 5) is 41.3. The van der Waals surface area contributed by atoms with E-state index in [0.717, 1.165) is 23.3 Å². The summed E-state index contributed by atoms with van der Waals surface area (Å²) in [5.74, 6) is 0.247. The molecular formula is C20H21N3O4S. The molecule has 4 rings (SSSR count). The zero-order valence-corrected chi connectivity index (χ0v) is 16.3. The third kappa shape index (κ3) is 3.47. The average Bonchev–Trinajstić information content (AvgIpc) is 3.40. The van der Waals surface area contributed by atoms with Crippen LogP contribution in [0.4, 0.5) is 10.5 Å². The maximum atomic E-state index is 12.5. The summed E-state index contributed by atoms with van der Waals surface area (Å²) in [5, 5.41) is 4.80. The van der Waals surface area contributed by atoms with Gasteiger partial charge in [-0.15, -0.1) is 11.3 Å². The summed E-state index contributed by atoms with van der Waals surface area (Å²) in [6, 6.07) is 8.58. The first kappa shape index (κ1) is 18.5. The van der Waals surface area contributed by atoms with Crippen molar-refractivity contribution in [3.8, 4) is 5.75 Å². The highest BCUT2D eigenvalue weighted by Gasteiger charge is 2.47. The molecule has 0 saturated carbocycles. The number of fused-ring (bicyclic) bond motifs is 1. The molecule has 2 aliphatic heterocycles. The van der Waals surface area contributed by atoms with Crippen LogP contribution >= 0.6 is 11.3 Å². The van der Waals surface area contributed by atoms with Crippen LogP contribution in [-0.4, -0.2) is 47.3 Å². The summed E-state index contributed by atoms with van der Waals surface area (Å²) in [6.07, 6.45) is 1.89. The van der Waals surface area contributed by atoms with Crippen molar-refractivity contribution in [1.82, 2.24) is 9.80 Å². The smallest absolute Gasteiger partial charge is 0.327 e. The van der Waals surface area contributed by atoms with Gasteiger partial charge in [0.05, 0.1) is 25.8 Å². The second kappa shape index (κ2) is 7.63. The van der Waals surface area contributed by atoms with E-state index in [2.05, 4.69) is 5.32 Å². The molecule has 2 fully saturated rings. The Kier molecular flexibility index (Phi) is 5.04. The second-order valence-electron chi connectivity index (χ2n) is 6.90. The first-order chi connectivity index (χ1) is 13.6. The SMILES string of the molecule is COc1ccc(CN2C(=O)C3CCCN3C2=O)cc1NC(=O)Cc1cccs1. The number of amides is 4. The van der Waals surface area contributed by atoms with Crippen LogP contribution in [0.25, 0.3) is 0 Å². The number of rotatable bonds is 6. The van der Waals surface area contributed by atoms with Gasteiger partial charge in [0.2, 0.25) is 5.91 Å². The van der Waals surface area contributed by atoms with E-state index in [0.29, 0.717) is 18.0 Å². The van der Waals surface area contributed by atoms with Gasteiger partial charge in [0.25, 0.3) is 5.91 Å². The summed E-state index contributed by atoms with van der Waals surface area (Å²) >= 11 is 1.53. The first-order valence-corrected chi connectivity index (χ1v) is 10.1. The van der Waals surface area contributed by atoms with E-state index in [1.54, 1.807) is 23.1 Å². The van der Waals surface area contributed by atoms with Crippen molar-refractivity contribution >= 4 is 34.9 Å². The minimum atomic E-state index is -0.310. The normalized spacial score (nSPS) is 18.5. The Bertz CT molecular complexity index is 890. The van der Waals surface area contributed by atoms with E-state index in [-0.39, 0.29) is 36.9 Å². The number of carbonyl (C=O) groups is 3. The number of ether oxygens (including phenoxy) is 1. The molecule has 2 aromatic rings. The fourth-order valence-corrected chi connectivity index (χ4v) is 4.43. The number of urea groups is 1. The lowest BCUT2D eigenvalue weighted by Gasteiger charge is -2.17. The van der Waals surface area contributed by atoms with Gasteiger partial charge >= 0.3 is 6.03 Å². The average molecular weight is 399 g/mol. The molecule has 2 saturated heterocycles. The molecule has 0 radical (unpaired) electrons. The van der Waals surface area contributed by atoms with Gasteiger partial charge in [-0.3, -0.25) is 14.5 Å². The number of imide groups is 1. The molecule has 146 valence electrons. The van der Waals surface area contributed by atoms with Crippen molar-refractivity contribution in [3.05, 3.63) is 46.2 Å². The molecule has 3 heterocycles. The standard InChI is InChI=1S/C20H21N3O4S/c1-27-17-7-6-13(10-15(17)21-18(24)11-14-4-3-9-28-14)12-23-19(25)16-5-2-8-22(16)20(23)26/h3-4,6-7,9-10,16H,2,5,8,11-12H2,1H3,(H,21,24). The summed E-state index contributed by atoms with van der Waals surface area (Å²) in [7, 11) is 1.53. The van der Waals surface area contributed by atoms with Crippen LogP contribution in [0, 0.1) is 0 Å². The lowest BCUT2D eigenvalue weighted by molar-refractivity contribution is -0.128. The lowest BCUT2D eigenvalue weighted by atomic mass is 10.1. The van der Waals surface area contributed by atoms with E-state index < -0.39 is 0 Å². The zero-order chi connectivity index (χ0) is 19.7. The van der Waals surface area contributed by atoms with Crippen molar-refractivity contribution in [3.63, 3.8) is 0 Å². The van der Waals surface area contributed by atoms with Crippen LogP contribution in [0.2, 0.25) is 0 Å². The number of anilines is 1. The number of hydrogen-bond donors (Lipinski definition) is 1. The Morgan fingerprint density at radius 2 is 2.18 bits per heavy atom. The third-order valence-electron chi connectivity index (χ3n) is 5.07. The molecule has 1 unspecified atom stereocenters. The Labute approximate surface area is 166 Å². The Balaban J connectivity index is 1.49. The number of thiophene rings is 1. The second-order valence-corrected chi connectivity index (χ2v) is 7.93. The monoisotopic (exact) mass is 399 g/mol. The van der Waals surface area contributed by atoms with Gasteiger partial charge in [-0.05, 0) is 42.0 Å². The number of nitrogens with zero attached hydrogens (tertiary/aromatic N) is 2. The van der Waals surface area contributed by atoms with Crippen LogP contribution in [0.15, 0.2) is 35.7 Å². The van der Waals surface area contributed by atoms with Crippen LogP contribution < -0.4 is 10.1 Å². The summed E-state index contributed by atoms with van der Waals surface area (Å²) < 4.78 is 5.34. The molecule has 1 aromatic carbocycles. The van der Waals surface area contributed by atoms with E-state index in [9.17, 15) is 14.4 Å². The van der Waals surface area contributed by atoms with E-state index >= 15 is 0 Å². The van der Waals surface area contributed by atoms with E-state index in [4.69, 9.17) is 4.74 Å². The molecule has 1 atom stereocenters. The summed E-state index contributed by atoms with van der Waals surface area (Å²) in [6.45, 7) is 0.820. The largest absolute Gasteiger partial charge is 0.495 e. The van der Waals surface area contributed by atoms with Crippen LogP contribution in [0.5, 0.6) is 5.75 Å². The van der Waals surface area contributed by atoms with Crippen molar-refractivity contribution < 1.29 is 19.1 Å². The van der Waals surface area contributed by atoms with Gasteiger partial charge in [0.15, 0.2) is 0 Å².